The maximum Gasteiger partial charge on any atom is 0.126 e. The average Bonchev–Trinajstić information content (AvgIpc) is 2.98. The van der Waals surface area contributed by atoms with Gasteiger partial charge in [0.05, 0.1) is 13.2 Å². The highest BCUT2D eigenvalue weighted by Crippen LogP contribution is 2.30. The third-order valence-electron chi connectivity index (χ3n) is 8.60. The molecule has 0 amide bonds. The fourth-order valence-electron chi connectivity index (χ4n) is 5.92. The third-order valence-corrected chi connectivity index (χ3v) is 8.60. The summed E-state index contributed by atoms with van der Waals surface area (Å²) in [6.45, 7) is 8.50. The van der Waals surface area contributed by atoms with E-state index < -0.39 is 0 Å². The minimum Gasteiger partial charge on any atom is -0.493 e. The van der Waals surface area contributed by atoms with Gasteiger partial charge < -0.3 is 9.47 Å². The van der Waals surface area contributed by atoms with Crippen molar-refractivity contribution in [3.8, 4) is 11.5 Å². The molecule has 0 spiro atoms. The Labute approximate surface area is 258 Å². The lowest BCUT2D eigenvalue weighted by atomic mass is 10.0. The molecule has 0 saturated carbocycles. The van der Waals surface area contributed by atoms with Crippen molar-refractivity contribution in [2.45, 2.75) is 201 Å². The summed E-state index contributed by atoms with van der Waals surface area (Å²) in [5, 5.41) is 0. The van der Waals surface area contributed by atoms with Gasteiger partial charge in [-0.2, -0.15) is 0 Å². The van der Waals surface area contributed by atoms with Crippen LogP contribution in [0.1, 0.15) is 200 Å². The highest BCUT2D eigenvalue weighted by molar-refractivity contribution is 5.45. The third kappa shape index (κ3) is 23.0. The van der Waals surface area contributed by atoms with Gasteiger partial charge in [0.1, 0.15) is 11.5 Å². The molecule has 1 rings (SSSR count). The van der Waals surface area contributed by atoms with Gasteiger partial charge >= 0.3 is 0 Å². The maximum atomic E-state index is 6.27. The predicted molar refractivity (Wildman–Crippen MR) is 183 cm³/mol. The van der Waals surface area contributed by atoms with Crippen LogP contribution < -0.4 is 9.47 Å². The summed E-state index contributed by atoms with van der Waals surface area (Å²) in [5.74, 6) is 2.10. The molecule has 0 saturated heterocycles. The average molecular weight is 573 g/mol. The van der Waals surface area contributed by atoms with Crippen LogP contribution in [0, 0.1) is 0 Å². The van der Waals surface area contributed by atoms with E-state index >= 15 is 0 Å². The van der Waals surface area contributed by atoms with Gasteiger partial charge in [-0.15, -0.1) is 0 Å². The number of benzene rings is 1. The molecule has 0 atom stereocenters. The maximum absolute atomic E-state index is 6.27. The van der Waals surface area contributed by atoms with Gasteiger partial charge in [0.25, 0.3) is 0 Å². The minimum atomic E-state index is 0.830. The summed E-state index contributed by atoms with van der Waals surface area (Å²) in [5.41, 5.74) is 1.28. The second-order valence-corrected chi connectivity index (χ2v) is 12.7. The van der Waals surface area contributed by atoms with Crippen LogP contribution in [-0.4, -0.2) is 13.2 Å². The minimum absolute atomic E-state index is 0.830. The monoisotopic (exact) mass is 573 g/mol. The van der Waals surface area contributed by atoms with Gasteiger partial charge in [0.15, 0.2) is 0 Å². The molecule has 0 heterocycles. The summed E-state index contributed by atoms with van der Waals surface area (Å²) in [7, 11) is 0. The van der Waals surface area contributed by atoms with E-state index in [4.69, 9.17) is 9.47 Å². The Hall–Kier alpha value is -1.18. The summed E-state index contributed by atoms with van der Waals surface area (Å²) < 4.78 is 12.5. The fraction of sp³-hybridized carbons (Fsp3) is 0.846. The summed E-state index contributed by atoms with van der Waals surface area (Å²) in [6, 6.07) is 6.40. The molecule has 0 aliphatic carbocycles. The van der Waals surface area contributed by atoms with Gasteiger partial charge in [-0.05, 0) is 31.4 Å². The summed E-state index contributed by atoms with van der Waals surface area (Å²) in [6.07, 6.45) is 38.2. The Kier molecular flexibility index (Phi) is 28.0. The molecule has 2 heteroatoms. The lowest BCUT2D eigenvalue weighted by molar-refractivity contribution is 0.284. The van der Waals surface area contributed by atoms with Crippen LogP contribution in [0.3, 0.4) is 0 Å². The first kappa shape index (κ1) is 37.8. The van der Waals surface area contributed by atoms with Crippen LogP contribution >= 0.6 is 0 Å². The summed E-state index contributed by atoms with van der Waals surface area (Å²) >= 11 is 0. The van der Waals surface area contributed by atoms with Crippen molar-refractivity contribution in [1.82, 2.24) is 0 Å². The van der Waals surface area contributed by atoms with Crippen LogP contribution in [0.4, 0.5) is 0 Å². The summed E-state index contributed by atoms with van der Waals surface area (Å²) in [4.78, 5) is 0. The van der Waals surface area contributed by atoms with E-state index in [0.29, 0.717) is 0 Å². The first-order valence-corrected chi connectivity index (χ1v) is 18.7. The Bertz CT molecular complexity index is 605. The predicted octanol–water partition coefficient (Wildman–Crippen LogP) is 13.6. The van der Waals surface area contributed by atoms with Crippen LogP contribution in [0.5, 0.6) is 11.5 Å². The van der Waals surface area contributed by atoms with Crippen LogP contribution in [0.2, 0.25) is 0 Å². The number of hydrogen-bond donors (Lipinski definition) is 0. The SMILES string of the molecule is CCCCCCCCCCCCCCCOc1cccc(OCCCCCCCCCCCCCCC)c1CCC. The molecule has 0 radical (unpaired) electrons. The van der Waals surface area contributed by atoms with Crippen molar-refractivity contribution < 1.29 is 9.47 Å². The van der Waals surface area contributed by atoms with Crippen molar-refractivity contribution in [2.24, 2.45) is 0 Å². The van der Waals surface area contributed by atoms with E-state index in [-0.39, 0.29) is 0 Å². The Morgan fingerprint density at radius 1 is 0.366 bits per heavy atom. The molecular formula is C39H72O2. The molecule has 41 heavy (non-hydrogen) atoms. The molecule has 1 aromatic rings. The van der Waals surface area contributed by atoms with Gasteiger partial charge in [-0.25, -0.2) is 0 Å². The van der Waals surface area contributed by atoms with Gasteiger partial charge in [-0.3, -0.25) is 0 Å². The number of unbranched alkanes of at least 4 members (excludes halogenated alkanes) is 24. The topological polar surface area (TPSA) is 18.5 Å². The van der Waals surface area contributed by atoms with Gasteiger partial charge in [0.2, 0.25) is 0 Å². The Balaban J connectivity index is 2.08. The standard InChI is InChI=1S/C39H72O2/c1-4-7-9-11-13-15-17-19-21-23-25-27-29-35-40-38-33-31-34-39(37(38)32-6-3)41-36-30-28-26-24-22-20-18-16-14-12-10-8-5-2/h31,33-34H,4-30,32,35-36H2,1-3H3. The number of ether oxygens (including phenoxy) is 2. The van der Waals surface area contributed by atoms with E-state index in [2.05, 4.69) is 39.0 Å². The first-order valence-electron chi connectivity index (χ1n) is 18.7. The van der Waals surface area contributed by atoms with E-state index in [1.165, 1.54) is 160 Å². The van der Waals surface area contributed by atoms with E-state index in [1.807, 2.05) is 0 Å². The van der Waals surface area contributed by atoms with E-state index in [1.54, 1.807) is 0 Å². The molecule has 2 nitrogen and oxygen atoms in total. The molecule has 0 fully saturated rings. The smallest absolute Gasteiger partial charge is 0.126 e. The Morgan fingerprint density at radius 3 is 0.951 bits per heavy atom. The molecule has 240 valence electrons. The highest BCUT2D eigenvalue weighted by Gasteiger charge is 2.10. The largest absolute Gasteiger partial charge is 0.493 e. The van der Waals surface area contributed by atoms with Crippen molar-refractivity contribution >= 4 is 0 Å². The number of rotatable bonds is 32. The Morgan fingerprint density at radius 2 is 0.659 bits per heavy atom. The zero-order valence-electron chi connectivity index (χ0n) is 28.3. The van der Waals surface area contributed by atoms with Crippen molar-refractivity contribution in [3.05, 3.63) is 23.8 Å². The molecule has 0 aromatic heterocycles. The molecular weight excluding hydrogens is 500 g/mol. The first-order chi connectivity index (χ1) is 20.3. The normalized spacial score (nSPS) is 11.3. The number of hydrogen-bond acceptors (Lipinski definition) is 2. The molecule has 0 aliphatic rings. The van der Waals surface area contributed by atoms with E-state index in [9.17, 15) is 0 Å². The van der Waals surface area contributed by atoms with Gasteiger partial charge in [-0.1, -0.05) is 187 Å². The van der Waals surface area contributed by atoms with E-state index in [0.717, 1.165) is 50.4 Å². The molecule has 0 unspecified atom stereocenters. The molecule has 0 aliphatic heterocycles. The fourth-order valence-corrected chi connectivity index (χ4v) is 5.92. The second kappa shape index (κ2) is 30.3. The van der Waals surface area contributed by atoms with Crippen molar-refractivity contribution in [1.29, 1.82) is 0 Å². The molecule has 0 N–H and O–H groups in total. The second-order valence-electron chi connectivity index (χ2n) is 12.7. The van der Waals surface area contributed by atoms with Crippen LogP contribution in [0.25, 0.3) is 0 Å². The van der Waals surface area contributed by atoms with Crippen LogP contribution in [0.15, 0.2) is 18.2 Å². The lowest BCUT2D eigenvalue weighted by Crippen LogP contribution is -2.04. The lowest BCUT2D eigenvalue weighted by Gasteiger charge is -2.16. The van der Waals surface area contributed by atoms with Crippen molar-refractivity contribution in [2.75, 3.05) is 13.2 Å². The highest BCUT2D eigenvalue weighted by atomic mass is 16.5. The zero-order valence-corrected chi connectivity index (χ0v) is 28.3. The van der Waals surface area contributed by atoms with Crippen LogP contribution in [-0.2, 0) is 6.42 Å². The van der Waals surface area contributed by atoms with Crippen molar-refractivity contribution in [3.63, 3.8) is 0 Å². The quantitative estimate of drug-likeness (QED) is 0.0799. The molecule has 1 aromatic carbocycles. The zero-order chi connectivity index (χ0) is 29.5. The van der Waals surface area contributed by atoms with Gasteiger partial charge in [0, 0.05) is 5.56 Å². The molecule has 0 bridgehead atoms.